The molecule has 0 saturated carbocycles. The van der Waals surface area contributed by atoms with E-state index >= 15 is 0 Å². The molecule has 2 atom stereocenters. The van der Waals surface area contributed by atoms with Crippen LogP contribution in [0.25, 0.3) is 0 Å². The summed E-state index contributed by atoms with van der Waals surface area (Å²) in [7, 11) is 0. The Kier molecular flexibility index (Phi) is 9.27. The molecule has 1 aromatic carbocycles. The molecule has 168 valence electrons. The second kappa shape index (κ2) is 11.2. The molecule has 2 unspecified atom stereocenters. The Balaban J connectivity index is 2.14. The zero-order valence-electron chi connectivity index (χ0n) is 19.7. The normalized spacial score (nSPS) is 19.4. The van der Waals surface area contributed by atoms with Crippen LogP contribution in [0.4, 0.5) is 0 Å². The van der Waals surface area contributed by atoms with Crippen LogP contribution in [0.2, 0.25) is 0 Å². The highest BCUT2D eigenvalue weighted by Crippen LogP contribution is 2.35. The number of thioether (sulfide) groups is 1. The second-order valence-corrected chi connectivity index (χ2v) is 11.0. The van der Waals surface area contributed by atoms with E-state index in [2.05, 4.69) is 46.9 Å². The summed E-state index contributed by atoms with van der Waals surface area (Å²) < 4.78 is 0. The second-order valence-electron chi connectivity index (χ2n) is 9.82. The first kappa shape index (κ1) is 24.8. The first-order chi connectivity index (χ1) is 14.1. The predicted octanol–water partition coefficient (Wildman–Crippen LogP) is 5.61. The molecule has 30 heavy (non-hydrogen) atoms. The summed E-state index contributed by atoms with van der Waals surface area (Å²) in [4.78, 5) is 28.2. The molecule has 5 heteroatoms. The molecule has 0 aliphatic carbocycles. The number of hydrogen-bond donors (Lipinski definition) is 1. The number of benzene rings is 1. The van der Waals surface area contributed by atoms with E-state index < -0.39 is 0 Å². The molecular weight excluding hydrogens is 392 g/mol. The Morgan fingerprint density at radius 2 is 1.80 bits per heavy atom. The molecule has 2 amide bonds. The summed E-state index contributed by atoms with van der Waals surface area (Å²) >= 11 is 1.74. The van der Waals surface area contributed by atoms with Gasteiger partial charge in [-0.1, -0.05) is 72.9 Å². The zero-order valence-corrected chi connectivity index (χ0v) is 20.5. The first-order valence-electron chi connectivity index (χ1n) is 11.5. The molecule has 4 nitrogen and oxygen atoms in total. The highest BCUT2D eigenvalue weighted by molar-refractivity contribution is 8.00. The number of rotatable bonds is 9. The summed E-state index contributed by atoms with van der Waals surface area (Å²) in [5, 5.41) is 3.13. The lowest BCUT2D eigenvalue weighted by atomic mass is 9.86. The van der Waals surface area contributed by atoms with Crippen molar-refractivity contribution in [2.24, 2.45) is 5.92 Å². The van der Waals surface area contributed by atoms with Crippen LogP contribution in [0, 0.1) is 5.92 Å². The van der Waals surface area contributed by atoms with Gasteiger partial charge in [0.15, 0.2) is 0 Å². The highest BCUT2D eigenvalue weighted by Gasteiger charge is 2.41. The van der Waals surface area contributed by atoms with Crippen LogP contribution in [0.15, 0.2) is 24.3 Å². The quantitative estimate of drug-likeness (QED) is 0.516. The molecular formula is C25H40N2O2S. The lowest BCUT2D eigenvalue weighted by molar-refractivity contribution is -0.124. The third-order valence-corrected chi connectivity index (χ3v) is 6.94. The Morgan fingerprint density at radius 3 is 2.37 bits per heavy atom. The van der Waals surface area contributed by atoms with Gasteiger partial charge in [0, 0.05) is 17.9 Å². The molecule has 1 aliphatic heterocycles. The van der Waals surface area contributed by atoms with E-state index in [4.69, 9.17) is 0 Å². The summed E-state index contributed by atoms with van der Waals surface area (Å²) in [6.45, 7) is 13.7. The third kappa shape index (κ3) is 6.76. The molecule has 0 radical (unpaired) electrons. The van der Waals surface area contributed by atoms with Crippen LogP contribution in [0.3, 0.4) is 0 Å². The average molecular weight is 433 g/mol. The molecule has 0 spiro atoms. The van der Waals surface area contributed by atoms with Gasteiger partial charge in [0.05, 0.1) is 5.37 Å². The van der Waals surface area contributed by atoms with Crippen molar-refractivity contribution in [2.45, 2.75) is 90.5 Å². The van der Waals surface area contributed by atoms with Gasteiger partial charge in [-0.2, -0.15) is 0 Å². The maximum Gasteiger partial charge on any atom is 0.255 e. The first-order valence-corrected chi connectivity index (χ1v) is 12.5. The van der Waals surface area contributed by atoms with Gasteiger partial charge >= 0.3 is 0 Å². The van der Waals surface area contributed by atoms with Gasteiger partial charge in [-0.3, -0.25) is 9.59 Å². The third-order valence-electron chi connectivity index (χ3n) is 5.63. The van der Waals surface area contributed by atoms with Gasteiger partial charge in [0.2, 0.25) is 5.91 Å². The van der Waals surface area contributed by atoms with Crippen molar-refractivity contribution in [3.05, 3.63) is 35.4 Å². The molecule has 1 aromatic rings. The molecule has 1 aliphatic rings. The molecule has 1 N–H and O–H groups in total. The monoisotopic (exact) mass is 432 g/mol. The van der Waals surface area contributed by atoms with Gasteiger partial charge in [0.25, 0.3) is 5.91 Å². The van der Waals surface area contributed by atoms with E-state index in [0.29, 0.717) is 23.8 Å². The van der Waals surface area contributed by atoms with Crippen molar-refractivity contribution in [3.8, 4) is 0 Å². The molecule has 0 bridgehead atoms. The lowest BCUT2D eigenvalue weighted by Gasteiger charge is -2.30. The standard InChI is InChI=1S/C25H40N2O2S/c1-7-8-9-10-15-26-23(28)21-17-30-22(16-18(2)3)27(21)24(29)19-11-13-20(14-12-19)25(4,5)6/h11-14,18,21-22H,7-10,15-17H2,1-6H3,(H,26,28). The maximum absolute atomic E-state index is 13.5. The van der Waals surface area contributed by atoms with Crippen molar-refractivity contribution >= 4 is 23.6 Å². The fourth-order valence-electron chi connectivity index (χ4n) is 3.77. The molecule has 1 heterocycles. The van der Waals surface area contributed by atoms with Gasteiger partial charge in [-0.15, -0.1) is 11.8 Å². The van der Waals surface area contributed by atoms with E-state index in [-0.39, 0.29) is 28.6 Å². The van der Waals surface area contributed by atoms with Crippen LogP contribution in [-0.4, -0.2) is 40.4 Å². The predicted molar refractivity (Wildman–Crippen MR) is 128 cm³/mol. The van der Waals surface area contributed by atoms with Crippen LogP contribution >= 0.6 is 11.8 Å². The largest absolute Gasteiger partial charge is 0.354 e. The van der Waals surface area contributed by atoms with Gasteiger partial charge in [-0.25, -0.2) is 0 Å². The van der Waals surface area contributed by atoms with Gasteiger partial charge in [0.1, 0.15) is 6.04 Å². The van der Waals surface area contributed by atoms with E-state index in [0.717, 1.165) is 19.3 Å². The van der Waals surface area contributed by atoms with E-state index in [9.17, 15) is 9.59 Å². The number of carbonyl (C=O) groups is 2. The molecule has 1 fully saturated rings. The minimum absolute atomic E-state index is 0.00934. The van der Waals surface area contributed by atoms with E-state index in [1.54, 1.807) is 11.8 Å². The number of hydrogen-bond acceptors (Lipinski definition) is 3. The van der Waals surface area contributed by atoms with Gasteiger partial charge in [-0.05, 0) is 41.9 Å². The lowest BCUT2D eigenvalue weighted by Crippen LogP contribution is -2.50. The Labute approximate surface area is 187 Å². The minimum atomic E-state index is -0.389. The van der Waals surface area contributed by atoms with Crippen molar-refractivity contribution in [1.29, 1.82) is 0 Å². The van der Waals surface area contributed by atoms with Crippen LogP contribution < -0.4 is 5.32 Å². The summed E-state index contributed by atoms with van der Waals surface area (Å²) in [6, 6.07) is 7.52. The molecule has 2 rings (SSSR count). The van der Waals surface area contributed by atoms with Crippen LogP contribution in [0.1, 0.15) is 89.6 Å². The fraction of sp³-hybridized carbons (Fsp3) is 0.680. The summed E-state index contributed by atoms with van der Waals surface area (Å²) in [5.41, 5.74) is 1.92. The van der Waals surface area contributed by atoms with E-state index in [1.807, 2.05) is 29.2 Å². The number of carbonyl (C=O) groups excluding carboxylic acids is 2. The van der Waals surface area contributed by atoms with Crippen LogP contribution in [-0.2, 0) is 10.2 Å². The minimum Gasteiger partial charge on any atom is -0.354 e. The number of nitrogens with one attached hydrogen (secondary N) is 1. The molecule has 1 saturated heterocycles. The van der Waals surface area contributed by atoms with Crippen molar-refractivity contribution < 1.29 is 9.59 Å². The highest BCUT2D eigenvalue weighted by atomic mass is 32.2. The Morgan fingerprint density at radius 1 is 1.13 bits per heavy atom. The summed E-state index contributed by atoms with van der Waals surface area (Å²) in [5.74, 6) is 1.10. The number of nitrogens with zero attached hydrogens (tertiary/aromatic N) is 1. The topological polar surface area (TPSA) is 49.4 Å². The smallest absolute Gasteiger partial charge is 0.255 e. The Hall–Kier alpha value is -1.49. The maximum atomic E-state index is 13.5. The zero-order chi connectivity index (χ0) is 22.3. The van der Waals surface area contributed by atoms with Crippen molar-refractivity contribution in [1.82, 2.24) is 10.2 Å². The SMILES string of the molecule is CCCCCCNC(=O)C1CSC(CC(C)C)N1C(=O)c1ccc(C(C)(C)C)cc1. The Bertz CT molecular complexity index is 694. The fourth-order valence-corrected chi connectivity index (χ4v) is 5.41. The number of unbranched alkanes of at least 4 members (excludes halogenated alkanes) is 3. The average Bonchev–Trinajstić information content (AvgIpc) is 3.09. The summed E-state index contributed by atoms with van der Waals surface area (Å²) in [6.07, 6.45) is 5.41. The van der Waals surface area contributed by atoms with Gasteiger partial charge < -0.3 is 10.2 Å². The van der Waals surface area contributed by atoms with Crippen LogP contribution in [0.5, 0.6) is 0 Å². The number of amides is 2. The van der Waals surface area contributed by atoms with E-state index in [1.165, 1.54) is 18.4 Å². The van der Waals surface area contributed by atoms with Crippen molar-refractivity contribution in [2.75, 3.05) is 12.3 Å². The molecule has 0 aromatic heterocycles. The van der Waals surface area contributed by atoms with Crippen molar-refractivity contribution in [3.63, 3.8) is 0 Å².